The van der Waals surface area contributed by atoms with Gasteiger partial charge in [-0.15, -0.1) is 0 Å². The van der Waals surface area contributed by atoms with Crippen LogP contribution >= 0.6 is 24.4 Å². The highest BCUT2D eigenvalue weighted by molar-refractivity contribution is 7.80. The van der Waals surface area contributed by atoms with Crippen LogP contribution in [0.1, 0.15) is 380 Å². The maximum atomic E-state index is 6.68. The molecule has 20 heteroatoms. The second kappa shape index (κ2) is 61.5. The number of hydrogen-bond acceptors (Lipinski definition) is 16. The molecule has 1 rings (SSSR count). The highest BCUT2D eigenvalue weighted by Gasteiger charge is 2.43. The Labute approximate surface area is 699 Å². The molecule has 0 N–H and O–H groups in total. The molecule has 4 unspecified atom stereocenters. The first kappa shape index (κ1) is 108. The Morgan fingerprint density at radius 1 is 0.300 bits per heavy atom. The summed E-state index contributed by atoms with van der Waals surface area (Å²) in [7, 11) is -8.64. The number of piperazine rings is 1. The predicted octanol–water partition coefficient (Wildman–Crippen LogP) is 27.6. The van der Waals surface area contributed by atoms with Gasteiger partial charge in [-0.05, 0) is 161 Å². The molecule has 0 aliphatic carbocycles. The summed E-state index contributed by atoms with van der Waals surface area (Å²) in [6.45, 7) is 67.2. The Kier molecular flexibility index (Phi) is 60.4. The van der Waals surface area contributed by atoms with E-state index in [1.165, 1.54) is 180 Å². The fourth-order valence-corrected chi connectivity index (χ4v) is 15.8. The maximum absolute atomic E-state index is 6.68. The molecule has 0 aromatic rings. The molecule has 1 saturated heterocycles. The van der Waals surface area contributed by atoms with Crippen LogP contribution in [0.5, 0.6) is 0 Å². The molecule has 1 heterocycles. The molecule has 110 heavy (non-hydrogen) atoms. The zero-order valence-corrected chi connectivity index (χ0v) is 83.2. The molecular formula is C90H188N4O10S2Si4. The van der Waals surface area contributed by atoms with Gasteiger partial charge in [0.1, 0.15) is 37.6 Å². The molecule has 4 atom stereocenters. The minimum absolute atomic E-state index is 0.0287. The Bertz CT molecular complexity index is 1950. The summed E-state index contributed by atoms with van der Waals surface area (Å²) in [5.74, 6) is 0. The van der Waals surface area contributed by atoms with Gasteiger partial charge in [-0.25, -0.2) is 19.6 Å². The van der Waals surface area contributed by atoms with Crippen molar-refractivity contribution in [3.63, 3.8) is 0 Å². The van der Waals surface area contributed by atoms with Gasteiger partial charge in [0, 0.05) is 78.3 Å². The van der Waals surface area contributed by atoms with E-state index in [4.69, 9.17) is 71.8 Å². The highest BCUT2D eigenvalue weighted by Crippen LogP contribution is 2.41. The lowest BCUT2D eigenvalue weighted by Crippen LogP contribution is -2.48. The van der Waals surface area contributed by atoms with Crippen molar-refractivity contribution in [1.82, 2.24) is 19.6 Å². The summed E-state index contributed by atoms with van der Waals surface area (Å²) in [6, 6.07) is 0. The van der Waals surface area contributed by atoms with Gasteiger partial charge in [-0.1, -0.05) is 316 Å². The number of unbranched alkanes of at least 4 members (excludes halogenated alkanes) is 30. The van der Waals surface area contributed by atoms with Crippen molar-refractivity contribution >= 4 is 67.8 Å². The summed E-state index contributed by atoms with van der Waals surface area (Å²) in [5, 5.41) is 1.65. The summed E-state index contributed by atoms with van der Waals surface area (Å²) < 4.78 is 39.1. The van der Waals surface area contributed by atoms with Gasteiger partial charge in [0.25, 0.3) is 0 Å². The van der Waals surface area contributed by atoms with Crippen LogP contribution in [-0.4, -0.2) is 179 Å². The average Bonchev–Trinajstić information content (AvgIpc) is 0.854. The van der Waals surface area contributed by atoms with Crippen LogP contribution in [0, 0.1) is 0 Å². The van der Waals surface area contributed by atoms with Crippen LogP contribution < -0.4 is 0 Å². The van der Waals surface area contributed by atoms with E-state index in [2.05, 4.69) is 183 Å². The van der Waals surface area contributed by atoms with E-state index in [-0.39, 0.29) is 44.6 Å². The van der Waals surface area contributed by atoms with Gasteiger partial charge in [0.2, 0.25) is 33.3 Å². The number of ether oxygens (including phenoxy) is 2. The van der Waals surface area contributed by atoms with E-state index in [0.717, 1.165) is 179 Å². The van der Waals surface area contributed by atoms with E-state index in [0.29, 0.717) is 13.2 Å². The van der Waals surface area contributed by atoms with Gasteiger partial charge in [-0.3, -0.25) is 37.9 Å². The molecule has 656 valence electrons. The monoisotopic (exact) mass is 1660 g/mol. The van der Waals surface area contributed by atoms with Gasteiger partial charge in [-0.2, -0.15) is 0 Å². The standard InChI is InChI=1S/C90H188N4O10S2Si4/c1-25-29-33-37-41-45-49-53-61-81(97-101-107(17,18)87(5,6)7)77-93(78-82(98-102-108(19,20)88(8,9)10)62-54-50-46-42-38-34-30-26-2)67-59-57-65-85(105)95-75-73-91-69-71-92(72-70-91)74-76-96-86(106)66-58-60-68-94(79-83(99-103-109(21,22)89(11,12)13)63-55-51-47-43-39-35-31-27-3)80-84(100-104-110(23,24)90(14,15)16)64-56-52-48-44-40-36-32-28-4/h81-84H,25-80H2,1-24H3. The Balaban J connectivity index is 3.08. The van der Waals surface area contributed by atoms with Crippen molar-refractivity contribution in [2.45, 2.75) is 477 Å². The smallest absolute Gasteiger partial charge is 0.238 e. The van der Waals surface area contributed by atoms with Crippen LogP contribution in [-0.2, 0) is 47.3 Å². The molecule has 0 saturated carbocycles. The van der Waals surface area contributed by atoms with E-state index in [1.54, 1.807) is 0 Å². The van der Waals surface area contributed by atoms with Crippen molar-refractivity contribution in [2.24, 2.45) is 0 Å². The van der Waals surface area contributed by atoms with E-state index in [1.807, 2.05) is 0 Å². The van der Waals surface area contributed by atoms with Crippen molar-refractivity contribution < 1.29 is 47.3 Å². The topological polar surface area (TPSA) is 105 Å². The molecule has 0 aromatic carbocycles. The molecule has 0 amide bonds. The van der Waals surface area contributed by atoms with Crippen LogP contribution in [0.15, 0.2) is 0 Å². The van der Waals surface area contributed by atoms with Gasteiger partial charge < -0.3 is 9.47 Å². The highest BCUT2D eigenvalue weighted by atomic mass is 32.1. The summed E-state index contributed by atoms with van der Waals surface area (Å²) >= 11 is 11.9. The molecule has 1 aliphatic heterocycles. The first-order chi connectivity index (χ1) is 51.8. The molecule has 14 nitrogen and oxygen atoms in total. The third kappa shape index (κ3) is 53.7. The summed E-state index contributed by atoms with van der Waals surface area (Å²) in [4.78, 5) is 37.0. The van der Waals surface area contributed by atoms with E-state index >= 15 is 0 Å². The van der Waals surface area contributed by atoms with Crippen molar-refractivity contribution in [3.8, 4) is 0 Å². The third-order valence-corrected chi connectivity index (χ3v) is 42.3. The molecule has 0 spiro atoms. The first-order valence-corrected chi connectivity index (χ1v) is 58.9. The Morgan fingerprint density at radius 2 is 0.500 bits per heavy atom. The molecular weight excluding hydrogens is 1470 g/mol. The lowest BCUT2D eigenvalue weighted by atomic mass is 10.0. The van der Waals surface area contributed by atoms with E-state index in [9.17, 15) is 0 Å². The van der Waals surface area contributed by atoms with Crippen molar-refractivity contribution in [1.29, 1.82) is 0 Å². The van der Waals surface area contributed by atoms with Crippen molar-refractivity contribution in [3.05, 3.63) is 0 Å². The normalized spacial score (nSPS) is 15.5. The third-order valence-electron chi connectivity index (χ3n) is 25.2. The van der Waals surface area contributed by atoms with Crippen LogP contribution in [0.2, 0.25) is 72.5 Å². The Morgan fingerprint density at radius 3 is 0.700 bits per heavy atom. The van der Waals surface area contributed by atoms with Crippen LogP contribution in [0.3, 0.4) is 0 Å². The molecule has 0 radical (unpaired) electrons. The fourth-order valence-electron chi connectivity index (χ4n) is 12.8. The SMILES string of the molecule is CCCCCCCCCCC(CN(CCCCC(=S)OCCN1CCN(CCOC(=S)CCCCN(CC(CCCCCCCCCC)OO[Si](C)(C)C(C)(C)C)CC(CCCCCCCCCC)OO[Si](C)(C)C(C)(C)C)CC1)CC(CCCCCCCCCC)OO[Si](C)(C)C(C)(C)C)OO[Si](C)(C)C(C)(C)C. The lowest BCUT2D eigenvalue weighted by molar-refractivity contribution is -0.272. The predicted molar refractivity (Wildman–Crippen MR) is 492 cm³/mol. The van der Waals surface area contributed by atoms with Gasteiger partial charge >= 0.3 is 0 Å². The maximum Gasteiger partial charge on any atom is 0.238 e. The quantitative estimate of drug-likeness (QED) is 0.0189. The minimum Gasteiger partial charge on any atom is -0.486 e. The fraction of sp³-hybridized carbons (Fsp3) is 0.978. The zero-order valence-electron chi connectivity index (χ0n) is 77.6. The number of hydrogen-bond donors (Lipinski definition) is 0. The average molecular weight is 1660 g/mol. The summed E-state index contributed by atoms with van der Waals surface area (Å²) in [6.07, 6.45) is 50.6. The molecule has 1 aliphatic rings. The van der Waals surface area contributed by atoms with Crippen LogP contribution in [0.4, 0.5) is 0 Å². The van der Waals surface area contributed by atoms with E-state index < -0.39 is 33.3 Å². The van der Waals surface area contributed by atoms with Crippen LogP contribution in [0.25, 0.3) is 0 Å². The second-order valence-electron chi connectivity index (χ2n) is 39.9. The Hall–Kier alpha value is 0.168. The first-order valence-electron chi connectivity index (χ1n) is 46.4. The number of nitrogens with zero attached hydrogens (tertiary/aromatic N) is 4. The lowest BCUT2D eigenvalue weighted by Gasteiger charge is -2.38. The summed E-state index contributed by atoms with van der Waals surface area (Å²) in [5.41, 5.74) is 0. The van der Waals surface area contributed by atoms with Gasteiger partial charge in [0.05, 0.1) is 0 Å². The molecule has 0 aromatic heterocycles. The minimum atomic E-state index is -2.16. The number of rotatable bonds is 72. The molecule has 0 bridgehead atoms. The second-order valence-corrected chi connectivity index (χ2v) is 59.5. The largest absolute Gasteiger partial charge is 0.486 e. The number of thiocarbonyl (C=S) groups is 2. The molecule has 1 fully saturated rings. The van der Waals surface area contributed by atoms with Crippen molar-refractivity contribution in [2.75, 3.05) is 91.8 Å². The van der Waals surface area contributed by atoms with Gasteiger partial charge in [0.15, 0.2) is 10.1 Å². The zero-order chi connectivity index (χ0) is 82.4.